The van der Waals surface area contributed by atoms with Gasteiger partial charge in [0, 0.05) is 0 Å². The van der Waals surface area contributed by atoms with Crippen LogP contribution in [-0.2, 0) is 0 Å². The summed E-state index contributed by atoms with van der Waals surface area (Å²) in [6.45, 7) is 0. The number of nitrogens with two attached hydrogens (primary N) is 1. The Morgan fingerprint density at radius 1 is 1.31 bits per heavy atom. The summed E-state index contributed by atoms with van der Waals surface area (Å²) in [5, 5.41) is 1.90. The summed E-state index contributed by atoms with van der Waals surface area (Å²) in [7, 11) is 0. The van der Waals surface area contributed by atoms with E-state index in [2.05, 4.69) is 9.97 Å². The molecule has 0 atom stereocenters. The number of rotatable bonds is 1. The number of benzene rings is 1. The van der Waals surface area contributed by atoms with Crippen LogP contribution in [0.2, 0.25) is 0 Å². The molecule has 0 saturated heterocycles. The summed E-state index contributed by atoms with van der Waals surface area (Å²) in [6.07, 6.45) is 0. The molecule has 80 valence electrons. The fourth-order valence-electron chi connectivity index (χ4n) is 1.60. The van der Waals surface area contributed by atoms with Crippen LogP contribution < -0.4 is 5.73 Å². The minimum atomic E-state index is -0.276. The number of nitrogens with zero attached hydrogens (tertiary/aromatic N) is 1. The third-order valence-corrected chi connectivity index (χ3v) is 3.29. The van der Waals surface area contributed by atoms with E-state index in [0.29, 0.717) is 17.0 Å². The number of hydrogen-bond acceptors (Lipinski definition) is 3. The van der Waals surface area contributed by atoms with E-state index >= 15 is 0 Å². The first-order valence-corrected chi connectivity index (χ1v) is 5.60. The van der Waals surface area contributed by atoms with E-state index in [1.165, 1.54) is 23.5 Å². The smallest absolute Gasteiger partial charge is 0.150 e. The number of hydrogen-bond donors (Lipinski definition) is 2. The molecule has 3 aromatic rings. The third-order valence-electron chi connectivity index (χ3n) is 2.35. The van der Waals surface area contributed by atoms with Gasteiger partial charge in [-0.2, -0.15) is 0 Å². The molecule has 1 aromatic carbocycles. The number of aromatic nitrogens is 2. The van der Waals surface area contributed by atoms with Gasteiger partial charge in [-0.05, 0) is 29.6 Å². The normalized spacial score (nSPS) is 11.1. The Kier molecular flexibility index (Phi) is 1.94. The molecule has 0 amide bonds. The molecule has 0 aliphatic heterocycles. The van der Waals surface area contributed by atoms with Crippen molar-refractivity contribution in [2.24, 2.45) is 0 Å². The highest BCUT2D eigenvalue weighted by Gasteiger charge is 2.09. The largest absolute Gasteiger partial charge is 0.397 e. The summed E-state index contributed by atoms with van der Waals surface area (Å²) in [4.78, 5) is 8.31. The molecule has 5 heteroatoms. The van der Waals surface area contributed by atoms with Crippen LogP contribution >= 0.6 is 11.3 Å². The Hall–Kier alpha value is -1.88. The lowest BCUT2D eigenvalue weighted by molar-refractivity contribution is 0.629. The van der Waals surface area contributed by atoms with Crippen molar-refractivity contribution in [2.45, 2.75) is 0 Å². The number of nitrogen functional groups attached to an aromatic ring is 1. The maximum Gasteiger partial charge on any atom is 0.150 e. The van der Waals surface area contributed by atoms with Crippen LogP contribution in [0.15, 0.2) is 29.6 Å². The van der Waals surface area contributed by atoms with E-state index in [0.717, 1.165) is 10.4 Å². The van der Waals surface area contributed by atoms with Crippen molar-refractivity contribution in [3.05, 3.63) is 35.5 Å². The lowest BCUT2D eigenvalue weighted by Crippen LogP contribution is -1.84. The molecule has 0 radical (unpaired) electrons. The Balaban J connectivity index is 2.23. The fourth-order valence-corrected chi connectivity index (χ4v) is 2.36. The second kappa shape index (κ2) is 3.31. The van der Waals surface area contributed by atoms with Gasteiger partial charge < -0.3 is 10.7 Å². The summed E-state index contributed by atoms with van der Waals surface area (Å²) in [5.41, 5.74) is 7.91. The molecule has 2 heterocycles. The number of thiophene rings is 1. The van der Waals surface area contributed by atoms with Crippen molar-refractivity contribution in [3.8, 4) is 10.7 Å². The SMILES string of the molecule is Nc1ccsc1-c1nc2ccc(F)cc2[nH]1. The first-order chi connectivity index (χ1) is 7.74. The first-order valence-electron chi connectivity index (χ1n) is 4.72. The number of halogens is 1. The summed E-state index contributed by atoms with van der Waals surface area (Å²) < 4.78 is 13.0. The number of anilines is 1. The predicted molar refractivity (Wildman–Crippen MR) is 63.8 cm³/mol. The number of aromatic amines is 1. The average molecular weight is 233 g/mol. The van der Waals surface area contributed by atoms with Crippen molar-refractivity contribution >= 4 is 28.1 Å². The fraction of sp³-hybridized carbons (Fsp3) is 0. The minimum absolute atomic E-state index is 0.276. The zero-order valence-electron chi connectivity index (χ0n) is 8.20. The molecule has 3 rings (SSSR count). The number of H-pyrrole nitrogens is 1. The van der Waals surface area contributed by atoms with Crippen molar-refractivity contribution in [1.29, 1.82) is 0 Å². The van der Waals surface area contributed by atoms with Crippen LogP contribution in [0, 0.1) is 5.82 Å². The van der Waals surface area contributed by atoms with Gasteiger partial charge in [-0.3, -0.25) is 0 Å². The maximum absolute atomic E-state index is 13.0. The second-order valence-corrected chi connectivity index (χ2v) is 4.37. The van der Waals surface area contributed by atoms with Crippen molar-refractivity contribution in [1.82, 2.24) is 9.97 Å². The highest BCUT2D eigenvalue weighted by molar-refractivity contribution is 7.14. The first kappa shape index (κ1) is 9.35. The quantitative estimate of drug-likeness (QED) is 0.678. The Morgan fingerprint density at radius 2 is 2.19 bits per heavy atom. The highest BCUT2D eigenvalue weighted by atomic mass is 32.1. The lowest BCUT2D eigenvalue weighted by atomic mass is 10.3. The number of imidazole rings is 1. The number of fused-ring (bicyclic) bond motifs is 1. The van der Waals surface area contributed by atoms with E-state index in [1.54, 1.807) is 6.07 Å². The molecule has 0 spiro atoms. The van der Waals surface area contributed by atoms with E-state index in [9.17, 15) is 4.39 Å². The topological polar surface area (TPSA) is 54.7 Å². The highest BCUT2D eigenvalue weighted by Crippen LogP contribution is 2.30. The van der Waals surface area contributed by atoms with Crippen molar-refractivity contribution in [2.75, 3.05) is 5.73 Å². The molecule has 0 saturated carbocycles. The predicted octanol–water partition coefficient (Wildman–Crippen LogP) is 3.01. The van der Waals surface area contributed by atoms with E-state index < -0.39 is 0 Å². The van der Waals surface area contributed by atoms with Crippen LogP contribution in [0.3, 0.4) is 0 Å². The van der Waals surface area contributed by atoms with E-state index in [1.807, 2.05) is 11.4 Å². The summed E-state index contributed by atoms with van der Waals surface area (Å²) in [6, 6.07) is 6.29. The molecule has 16 heavy (non-hydrogen) atoms. The van der Waals surface area contributed by atoms with Crippen LogP contribution in [0.5, 0.6) is 0 Å². The Bertz CT molecular complexity index is 656. The monoisotopic (exact) mass is 233 g/mol. The lowest BCUT2D eigenvalue weighted by Gasteiger charge is -1.91. The molecular formula is C11H8FN3S. The van der Waals surface area contributed by atoms with Gasteiger partial charge in [-0.15, -0.1) is 11.3 Å². The van der Waals surface area contributed by atoms with Gasteiger partial charge >= 0.3 is 0 Å². The van der Waals surface area contributed by atoms with Crippen molar-refractivity contribution in [3.63, 3.8) is 0 Å². The summed E-state index contributed by atoms with van der Waals surface area (Å²) in [5.74, 6) is 0.412. The van der Waals surface area contributed by atoms with E-state index in [-0.39, 0.29) is 5.82 Å². The number of nitrogens with one attached hydrogen (secondary N) is 1. The zero-order valence-corrected chi connectivity index (χ0v) is 9.01. The van der Waals surface area contributed by atoms with Gasteiger partial charge in [0.15, 0.2) is 5.82 Å². The molecule has 3 N–H and O–H groups in total. The molecule has 2 aromatic heterocycles. The molecular weight excluding hydrogens is 225 g/mol. The third kappa shape index (κ3) is 1.37. The molecule has 0 aliphatic carbocycles. The maximum atomic E-state index is 13.0. The molecule has 0 aliphatic rings. The van der Waals surface area contributed by atoms with Gasteiger partial charge in [-0.25, -0.2) is 9.37 Å². The Morgan fingerprint density at radius 3 is 2.94 bits per heavy atom. The molecule has 0 bridgehead atoms. The zero-order chi connectivity index (χ0) is 11.1. The Labute approximate surface area is 94.7 Å². The second-order valence-electron chi connectivity index (χ2n) is 3.45. The molecule has 0 fully saturated rings. The molecule has 0 unspecified atom stereocenters. The standard InChI is InChI=1S/C11H8FN3S/c12-6-1-2-8-9(5-6)15-11(14-8)10-7(13)3-4-16-10/h1-5H,13H2,(H,14,15). The van der Waals surface area contributed by atoms with Crippen LogP contribution in [0.1, 0.15) is 0 Å². The average Bonchev–Trinajstić information content (AvgIpc) is 2.82. The van der Waals surface area contributed by atoms with Gasteiger partial charge in [0.1, 0.15) is 5.82 Å². The van der Waals surface area contributed by atoms with Gasteiger partial charge in [0.05, 0.1) is 21.6 Å². The van der Waals surface area contributed by atoms with Gasteiger partial charge in [0.25, 0.3) is 0 Å². The van der Waals surface area contributed by atoms with Crippen LogP contribution in [-0.4, -0.2) is 9.97 Å². The van der Waals surface area contributed by atoms with Crippen molar-refractivity contribution < 1.29 is 4.39 Å². The van der Waals surface area contributed by atoms with Crippen LogP contribution in [0.25, 0.3) is 21.7 Å². The van der Waals surface area contributed by atoms with Gasteiger partial charge in [0.2, 0.25) is 0 Å². The molecule has 3 nitrogen and oxygen atoms in total. The van der Waals surface area contributed by atoms with Gasteiger partial charge in [-0.1, -0.05) is 0 Å². The van der Waals surface area contributed by atoms with Crippen LogP contribution in [0.4, 0.5) is 10.1 Å². The minimum Gasteiger partial charge on any atom is -0.397 e. The van der Waals surface area contributed by atoms with E-state index in [4.69, 9.17) is 5.73 Å². The summed E-state index contributed by atoms with van der Waals surface area (Å²) >= 11 is 1.51.